The molecule has 4 unspecified atom stereocenters. The topological polar surface area (TPSA) is 165 Å². The van der Waals surface area contributed by atoms with Gasteiger partial charge in [-0.05, 0) is 0 Å². The first kappa shape index (κ1) is 19.4. The minimum Gasteiger partial charge on any atom is -0.456 e. The zero-order valence-corrected chi connectivity index (χ0v) is 15.1. The van der Waals surface area contributed by atoms with E-state index in [-0.39, 0.29) is 17.8 Å². The van der Waals surface area contributed by atoms with Crippen molar-refractivity contribution >= 4 is 29.1 Å². The number of nitrogens with zero attached hydrogens (tertiary/aromatic N) is 4. The number of fused-ring (bicyclic) bond motifs is 1. The zero-order valence-electron chi connectivity index (χ0n) is 15.1. The van der Waals surface area contributed by atoms with Crippen LogP contribution in [-0.2, 0) is 33.3 Å². The van der Waals surface area contributed by atoms with Gasteiger partial charge in [-0.25, -0.2) is 4.98 Å². The van der Waals surface area contributed by atoms with Gasteiger partial charge in [0.05, 0.1) is 12.9 Å². The van der Waals surface area contributed by atoms with Crippen LogP contribution in [0.25, 0.3) is 11.2 Å². The lowest BCUT2D eigenvalue weighted by molar-refractivity contribution is -0.241. The molecule has 0 aromatic carbocycles. The van der Waals surface area contributed by atoms with Gasteiger partial charge in [0.1, 0.15) is 0 Å². The summed E-state index contributed by atoms with van der Waals surface area (Å²) < 4.78 is 22.5. The van der Waals surface area contributed by atoms with E-state index >= 15 is 0 Å². The number of hydrogen-bond acceptors (Lipinski definition) is 11. The molecule has 3 heterocycles. The Labute approximate surface area is 156 Å². The number of carbonyl (C=O) groups excluding carboxylic acids is 3. The fourth-order valence-corrected chi connectivity index (χ4v) is 2.88. The normalized spacial score (nSPS) is 24.5. The van der Waals surface area contributed by atoms with Crippen molar-refractivity contribution < 1.29 is 33.3 Å². The summed E-state index contributed by atoms with van der Waals surface area (Å²) >= 11 is 0. The molecule has 13 nitrogen and oxygen atoms in total. The molecule has 4 atom stereocenters. The second-order valence-corrected chi connectivity index (χ2v) is 5.96. The summed E-state index contributed by atoms with van der Waals surface area (Å²) in [6.45, 7) is 3.30. The highest BCUT2D eigenvalue weighted by molar-refractivity contribution is 5.69. The minimum atomic E-state index is -1.24. The maximum atomic E-state index is 11.9. The molecule has 2 aromatic heterocycles. The van der Waals surface area contributed by atoms with Crippen LogP contribution in [0, 0.1) is 0 Å². The summed E-state index contributed by atoms with van der Waals surface area (Å²) in [5.74, 6) is -2.02. The zero-order chi connectivity index (χ0) is 20.4. The Morgan fingerprint density at radius 2 is 1.75 bits per heavy atom. The summed E-state index contributed by atoms with van der Waals surface area (Å²) in [6.07, 6.45) is -3.43. The number of aromatic nitrogens is 5. The van der Waals surface area contributed by atoms with Gasteiger partial charge in [-0.15, -0.1) is 5.10 Å². The predicted molar refractivity (Wildman–Crippen MR) is 87.6 cm³/mol. The summed E-state index contributed by atoms with van der Waals surface area (Å²) in [4.78, 5) is 52.9. The maximum absolute atomic E-state index is 11.9. The van der Waals surface area contributed by atoms with Crippen molar-refractivity contribution in [2.75, 3.05) is 6.61 Å². The van der Waals surface area contributed by atoms with E-state index in [1.807, 2.05) is 0 Å². The van der Waals surface area contributed by atoms with E-state index < -0.39 is 48.0 Å². The van der Waals surface area contributed by atoms with Gasteiger partial charge in [0.25, 0.3) is 5.56 Å². The van der Waals surface area contributed by atoms with Crippen molar-refractivity contribution in [1.82, 2.24) is 25.0 Å². The average Bonchev–Trinajstić information content (AvgIpc) is 3.02. The van der Waals surface area contributed by atoms with Gasteiger partial charge in [0.15, 0.2) is 35.7 Å². The monoisotopic (exact) mass is 395 g/mol. The molecule has 28 heavy (non-hydrogen) atoms. The number of hydrogen-bond donors (Lipinski definition) is 1. The highest BCUT2D eigenvalue weighted by Crippen LogP contribution is 2.31. The number of H-pyrrole nitrogens is 1. The number of ether oxygens (including phenoxy) is 4. The smallest absolute Gasteiger partial charge is 0.303 e. The predicted octanol–water partition coefficient (Wildman–Crippen LogP) is -1.16. The third kappa shape index (κ3) is 3.83. The van der Waals surface area contributed by atoms with Crippen molar-refractivity contribution in [3.63, 3.8) is 0 Å². The Balaban J connectivity index is 2.05. The molecule has 0 bridgehead atoms. The first-order valence-corrected chi connectivity index (χ1v) is 8.19. The van der Waals surface area contributed by atoms with E-state index in [1.54, 1.807) is 0 Å². The van der Waals surface area contributed by atoms with E-state index in [1.165, 1.54) is 6.92 Å². The molecule has 0 aliphatic carbocycles. The van der Waals surface area contributed by atoms with Gasteiger partial charge >= 0.3 is 17.9 Å². The van der Waals surface area contributed by atoms with E-state index in [9.17, 15) is 19.2 Å². The van der Waals surface area contributed by atoms with Crippen LogP contribution < -0.4 is 5.56 Å². The Hall–Kier alpha value is -3.35. The minimum absolute atomic E-state index is 0.0566. The van der Waals surface area contributed by atoms with Crippen LogP contribution in [0.5, 0.6) is 0 Å². The van der Waals surface area contributed by atoms with Crippen molar-refractivity contribution in [3.8, 4) is 0 Å². The van der Waals surface area contributed by atoms with Gasteiger partial charge in [-0.2, -0.15) is 4.68 Å². The molecule has 3 rings (SSSR count). The molecule has 150 valence electrons. The van der Waals surface area contributed by atoms with Crippen LogP contribution in [0.4, 0.5) is 0 Å². The van der Waals surface area contributed by atoms with Crippen LogP contribution in [0.3, 0.4) is 0 Å². The third-order valence-electron chi connectivity index (χ3n) is 3.83. The van der Waals surface area contributed by atoms with Gasteiger partial charge in [-0.3, -0.25) is 19.2 Å². The molecule has 0 spiro atoms. The van der Waals surface area contributed by atoms with Crippen molar-refractivity contribution in [3.05, 3.63) is 16.7 Å². The molecule has 13 heteroatoms. The number of esters is 3. The first-order chi connectivity index (χ1) is 13.3. The Kier molecular flexibility index (Phi) is 5.35. The van der Waals surface area contributed by atoms with Crippen LogP contribution in [0.15, 0.2) is 11.1 Å². The molecule has 1 aliphatic rings. The Morgan fingerprint density at radius 3 is 2.39 bits per heavy atom. The van der Waals surface area contributed by atoms with Crippen LogP contribution in [0.2, 0.25) is 0 Å². The second-order valence-electron chi connectivity index (χ2n) is 5.96. The molecule has 0 radical (unpaired) electrons. The van der Waals surface area contributed by atoms with E-state index in [0.717, 1.165) is 24.9 Å². The van der Waals surface area contributed by atoms with Crippen molar-refractivity contribution in [1.29, 1.82) is 0 Å². The molecule has 0 amide bonds. The van der Waals surface area contributed by atoms with Gasteiger partial charge in [0, 0.05) is 20.8 Å². The molecule has 1 fully saturated rings. The quantitative estimate of drug-likeness (QED) is 0.490. The van der Waals surface area contributed by atoms with Gasteiger partial charge in [0.2, 0.25) is 0 Å². The summed E-state index contributed by atoms with van der Waals surface area (Å²) in [6, 6.07) is 0. The molecule has 1 aliphatic heterocycles. The fraction of sp³-hybridized carbons (Fsp3) is 0.533. The second kappa shape index (κ2) is 7.72. The SMILES string of the molecule is CC(=O)OC1COC(n2nnc3c(=O)[nH]cnc32)C(OC(C)=O)C1OC(C)=O. The van der Waals surface area contributed by atoms with Crippen LogP contribution in [0.1, 0.15) is 27.0 Å². The van der Waals surface area contributed by atoms with E-state index in [0.29, 0.717) is 0 Å². The lowest BCUT2D eigenvalue weighted by atomic mass is 10.0. The summed E-state index contributed by atoms with van der Waals surface area (Å²) in [5, 5.41) is 7.61. The molecule has 1 saturated heterocycles. The Morgan fingerprint density at radius 1 is 1.11 bits per heavy atom. The van der Waals surface area contributed by atoms with Crippen LogP contribution >= 0.6 is 0 Å². The lowest BCUT2D eigenvalue weighted by Crippen LogP contribution is -2.55. The molecule has 2 aromatic rings. The van der Waals surface area contributed by atoms with E-state index in [4.69, 9.17) is 18.9 Å². The van der Waals surface area contributed by atoms with Gasteiger partial charge < -0.3 is 23.9 Å². The average molecular weight is 395 g/mol. The molecular formula is C15H17N5O8. The Bertz CT molecular complexity index is 969. The molecular weight excluding hydrogens is 378 g/mol. The highest BCUT2D eigenvalue weighted by atomic mass is 16.6. The van der Waals surface area contributed by atoms with Crippen molar-refractivity contribution in [2.24, 2.45) is 0 Å². The molecule has 0 saturated carbocycles. The lowest BCUT2D eigenvalue weighted by Gasteiger charge is -2.40. The largest absolute Gasteiger partial charge is 0.456 e. The third-order valence-corrected chi connectivity index (χ3v) is 3.83. The fourth-order valence-electron chi connectivity index (χ4n) is 2.88. The maximum Gasteiger partial charge on any atom is 0.303 e. The van der Waals surface area contributed by atoms with Gasteiger partial charge in [-0.1, -0.05) is 5.21 Å². The number of nitrogens with one attached hydrogen (secondary N) is 1. The van der Waals surface area contributed by atoms with E-state index in [2.05, 4.69) is 20.3 Å². The summed E-state index contributed by atoms with van der Waals surface area (Å²) in [5.41, 5.74) is -0.511. The van der Waals surface area contributed by atoms with Crippen molar-refractivity contribution in [2.45, 2.75) is 45.3 Å². The number of rotatable bonds is 4. The first-order valence-electron chi connectivity index (χ1n) is 8.19. The standard InChI is InChI=1S/C15H17N5O8/c1-6(21)26-9-4-25-15(12(28-8(3)23)11(9)27-7(2)22)20-13-10(18-19-20)14(24)17-5-16-13/h5,9,11-12,15H,4H2,1-3H3,(H,16,17,24). The number of aromatic amines is 1. The highest BCUT2D eigenvalue weighted by Gasteiger charge is 2.48. The molecule has 1 N–H and O–H groups in total. The summed E-state index contributed by atoms with van der Waals surface area (Å²) in [7, 11) is 0. The number of carbonyl (C=O) groups is 3. The van der Waals surface area contributed by atoms with Crippen LogP contribution in [-0.4, -0.2) is 67.8 Å².